The predicted octanol–water partition coefficient (Wildman–Crippen LogP) is 3.12. The number of ether oxygens (including phenoxy) is 1. The van der Waals surface area contributed by atoms with Crippen molar-refractivity contribution < 1.29 is 22.3 Å². The Morgan fingerprint density at radius 3 is 2.74 bits per heavy atom. The number of aromatic nitrogens is 2. The first-order valence-corrected chi connectivity index (χ1v) is 13.3. The number of hydrogen-bond donors (Lipinski definition) is 2. The van der Waals surface area contributed by atoms with Gasteiger partial charge in [0.15, 0.2) is 5.82 Å². The lowest BCUT2D eigenvalue weighted by Gasteiger charge is -2.33. The fraction of sp³-hybridized carbons (Fsp3) is 0.318. The first-order chi connectivity index (χ1) is 16.2. The van der Waals surface area contributed by atoms with Crippen LogP contribution in [-0.2, 0) is 10.0 Å². The third-order valence-corrected chi connectivity index (χ3v) is 6.99. The van der Waals surface area contributed by atoms with Crippen molar-refractivity contribution in [3.05, 3.63) is 53.4 Å². The van der Waals surface area contributed by atoms with Crippen molar-refractivity contribution in [2.75, 3.05) is 36.7 Å². The molecule has 1 amide bonds. The molecule has 4 rings (SSSR count). The second kappa shape index (κ2) is 10.0. The molecule has 34 heavy (non-hydrogen) atoms. The Morgan fingerprint density at radius 2 is 2.03 bits per heavy atom. The van der Waals surface area contributed by atoms with E-state index in [4.69, 9.17) is 4.74 Å². The van der Waals surface area contributed by atoms with Gasteiger partial charge < -0.3 is 15.0 Å². The second-order valence-corrected chi connectivity index (χ2v) is 10.5. The lowest BCUT2D eigenvalue weighted by Crippen LogP contribution is -2.44. The molecule has 2 aromatic heterocycles. The number of benzene rings is 1. The molecule has 0 radical (unpaired) electrons. The largest absolute Gasteiger partial charge is 0.497 e. The molecule has 0 atom stereocenters. The molecular formula is C22H24FN5O4S2. The van der Waals surface area contributed by atoms with Gasteiger partial charge in [0.05, 0.1) is 19.1 Å². The van der Waals surface area contributed by atoms with Crippen molar-refractivity contribution in [2.24, 2.45) is 0 Å². The zero-order valence-electron chi connectivity index (χ0n) is 18.6. The Morgan fingerprint density at radius 1 is 1.26 bits per heavy atom. The van der Waals surface area contributed by atoms with Crippen LogP contribution in [0.4, 0.5) is 15.9 Å². The molecule has 0 spiro atoms. The summed E-state index contributed by atoms with van der Waals surface area (Å²) in [5.74, 6) is 0.204. The van der Waals surface area contributed by atoms with Gasteiger partial charge in [-0.25, -0.2) is 27.5 Å². The summed E-state index contributed by atoms with van der Waals surface area (Å²) >= 11 is 1.16. The SMILES string of the molecule is COc1ccc(F)c(-c2nc(C(=O)Nc3cccnc3N3CCC(NS(C)(=O)=O)CC3)cs2)c1. The van der Waals surface area contributed by atoms with E-state index in [2.05, 4.69) is 20.0 Å². The number of hydrogen-bond acceptors (Lipinski definition) is 8. The van der Waals surface area contributed by atoms with Crippen molar-refractivity contribution >= 4 is 38.8 Å². The zero-order chi connectivity index (χ0) is 24.3. The summed E-state index contributed by atoms with van der Waals surface area (Å²) in [6.45, 7) is 1.17. The van der Waals surface area contributed by atoms with E-state index in [1.165, 1.54) is 25.3 Å². The van der Waals surface area contributed by atoms with Crippen molar-refractivity contribution in [3.63, 3.8) is 0 Å². The van der Waals surface area contributed by atoms with Crippen molar-refractivity contribution in [3.8, 4) is 16.3 Å². The van der Waals surface area contributed by atoms with Crippen molar-refractivity contribution in [2.45, 2.75) is 18.9 Å². The topological polar surface area (TPSA) is 114 Å². The quantitative estimate of drug-likeness (QED) is 0.507. The van der Waals surface area contributed by atoms with E-state index >= 15 is 0 Å². The Kier molecular flexibility index (Phi) is 7.10. The van der Waals surface area contributed by atoms with Gasteiger partial charge in [-0.05, 0) is 43.2 Å². The molecule has 1 aliphatic rings. The van der Waals surface area contributed by atoms with Gasteiger partial charge in [0.25, 0.3) is 5.91 Å². The number of thiazole rings is 1. The van der Waals surface area contributed by atoms with Crippen LogP contribution in [-0.4, -0.2) is 56.8 Å². The average Bonchev–Trinajstić information content (AvgIpc) is 3.30. The van der Waals surface area contributed by atoms with Crippen LogP contribution < -0.4 is 19.7 Å². The summed E-state index contributed by atoms with van der Waals surface area (Å²) in [4.78, 5) is 23.6. The monoisotopic (exact) mass is 505 g/mol. The summed E-state index contributed by atoms with van der Waals surface area (Å²) in [5.41, 5.74) is 0.938. The number of methoxy groups -OCH3 is 1. The summed E-state index contributed by atoms with van der Waals surface area (Å²) in [6.07, 6.45) is 4.04. The van der Waals surface area contributed by atoms with Gasteiger partial charge in [-0.1, -0.05) is 0 Å². The van der Waals surface area contributed by atoms with Gasteiger partial charge in [-0.2, -0.15) is 0 Å². The highest BCUT2D eigenvalue weighted by Crippen LogP contribution is 2.31. The molecule has 3 aromatic rings. The third kappa shape index (κ3) is 5.69. The summed E-state index contributed by atoms with van der Waals surface area (Å²) in [7, 11) is -1.77. The molecule has 1 saturated heterocycles. The van der Waals surface area contributed by atoms with Crippen LogP contribution in [0.1, 0.15) is 23.3 Å². The van der Waals surface area contributed by atoms with E-state index in [-0.39, 0.29) is 17.3 Å². The number of pyridine rings is 1. The Hall–Kier alpha value is -3.09. The molecule has 2 N–H and O–H groups in total. The summed E-state index contributed by atoms with van der Waals surface area (Å²) in [5, 5.41) is 4.79. The fourth-order valence-corrected chi connectivity index (χ4v) is 5.40. The minimum absolute atomic E-state index is 0.126. The van der Waals surface area contributed by atoms with Gasteiger partial charge in [-0.3, -0.25) is 4.79 Å². The number of rotatable bonds is 7. The smallest absolute Gasteiger partial charge is 0.275 e. The Bertz CT molecular complexity index is 1290. The highest BCUT2D eigenvalue weighted by atomic mass is 32.2. The normalized spacial score (nSPS) is 14.7. The molecule has 0 unspecified atom stereocenters. The number of nitrogens with one attached hydrogen (secondary N) is 2. The molecule has 12 heteroatoms. The number of halogens is 1. The molecule has 0 aliphatic carbocycles. The molecule has 9 nitrogen and oxygen atoms in total. The van der Waals surface area contributed by atoms with Crippen molar-refractivity contribution in [1.29, 1.82) is 0 Å². The average molecular weight is 506 g/mol. The zero-order valence-corrected chi connectivity index (χ0v) is 20.2. The van der Waals surface area contributed by atoms with Crippen LogP contribution in [0.15, 0.2) is 41.9 Å². The van der Waals surface area contributed by atoms with Crippen LogP contribution in [0.25, 0.3) is 10.6 Å². The Balaban J connectivity index is 1.47. The minimum atomic E-state index is -3.26. The lowest BCUT2D eigenvalue weighted by molar-refractivity contribution is 0.102. The fourth-order valence-electron chi connectivity index (χ4n) is 3.74. The second-order valence-electron chi connectivity index (χ2n) is 7.86. The highest BCUT2D eigenvalue weighted by Gasteiger charge is 2.25. The predicted molar refractivity (Wildman–Crippen MR) is 129 cm³/mol. The highest BCUT2D eigenvalue weighted by molar-refractivity contribution is 7.88. The van der Waals surface area contributed by atoms with Crippen LogP contribution in [0.2, 0.25) is 0 Å². The number of nitrogens with zero attached hydrogens (tertiary/aromatic N) is 3. The number of carbonyl (C=O) groups is 1. The molecular weight excluding hydrogens is 481 g/mol. The van der Waals surface area contributed by atoms with Crippen LogP contribution in [0.5, 0.6) is 5.75 Å². The molecule has 0 bridgehead atoms. The maximum atomic E-state index is 14.3. The van der Waals surface area contributed by atoms with E-state index in [0.717, 1.165) is 17.6 Å². The maximum Gasteiger partial charge on any atom is 0.275 e. The molecule has 0 saturated carbocycles. The standard InChI is InChI=1S/C22H24FN5O4S2/c1-32-15-5-6-17(23)16(12-15)22-26-19(13-33-22)21(29)25-18-4-3-9-24-20(18)28-10-7-14(8-11-28)27-34(2,30)31/h3-6,9,12-14,27H,7-8,10-11H2,1-2H3,(H,25,29). The minimum Gasteiger partial charge on any atom is -0.497 e. The van der Waals surface area contributed by atoms with Gasteiger partial charge in [0, 0.05) is 36.3 Å². The third-order valence-electron chi connectivity index (χ3n) is 5.35. The van der Waals surface area contributed by atoms with E-state index in [1.54, 1.807) is 23.7 Å². The van der Waals surface area contributed by atoms with E-state index in [0.29, 0.717) is 48.2 Å². The van der Waals surface area contributed by atoms with E-state index in [9.17, 15) is 17.6 Å². The lowest BCUT2D eigenvalue weighted by atomic mass is 10.1. The van der Waals surface area contributed by atoms with Gasteiger partial charge in [-0.15, -0.1) is 11.3 Å². The number of sulfonamides is 1. The number of piperidine rings is 1. The van der Waals surface area contributed by atoms with Gasteiger partial charge >= 0.3 is 0 Å². The van der Waals surface area contributed by atoms with E-state index in [1.807, 2.05) is 4.90 Å². The van der Waals surface area contributed by atoms with E-state index < -0.39 is 21.7 Å². The molecule has 180 valence electrons. The van der Waals surface area contributed by atoms with Crippen LogP contribution in [0, 0.1) is 5.82 Å². The number of anilines is 2. The molecule has 1 aromatic carbocycles. The van der Waals surface area contributed by atoms with Gasteiger partial charge in [0.2, 0.25) is 10.0 Å². The number of carbonyl (C=O) groups excluding carboxylic acids is 1. The maximum absolute atomic E-state index is 14.3. The summed E-state index contributed by atoms with van der Waals surface area (Å²) < 4.78 is 45.1. The molecule has 1 aliphatic heterocycles. The first-order valence-electron chi connectivity index (χ1n) is 10.5. The van der Waals surface area contributed by atoms with Gasteiger partial charge in [0.1, 0.15) is 22.3 Å². The Labute approximate surface area is 201 Å². The molecule has 1 fully saturated rings. The first kappa shape index (κ1) is 24.0. The van der Waals surface area contributed by atoms with Crippen LogP contribution in [0.3, 0.4) is 0 Å². The number of amides is 1. The van der Waals surface area contributed by atoms with Crippen LogP contribution >= 0.6 is 11.3 Å². The van der Waals surface area contributed by atoms with Crippen molar-refractivity contribution in [1.82, 2.24) is 14.7 Å². The summed E-state index contributed by atoms with van der Waals surface area (Å²) in [6, 6.07) is 7.69. The molecule has 3 heterocycles.